The fraction of sp³-hybridized carbons (Fsp3) is 0.200. The summed E-state index contributed by atoms with van der Waals surface area (Å²) in [5.41, 5.74) is 2.38. The Balaban J connectivity index is 2.29. The van der Waals surface area contributed by atoms with Gasteiger partial charge < -0.3 is 0 Å². The summed E-state index contributed by atoms with van der Waals surface area (Å²) in [6.45, 7) is 3.76. The molecule has 1 aromatic heterocycles. The van der Waals surface area contributed by atoms with Crippen LogP contribution < -0.4 is 0 Å². The quantitative estimate of drug-likeness (QED) is 0.779. The molecule has 0 aliphatic heterocycles. The molecule has 1 unspecified atom stereocenters. The second kappa shape index (κ2) is 5.32. The largest absolute Gasteiger partial charge is 0.293 e. The normalized spacial score (nSPS) is 12.2. The molecule has 92 valence electrons. The topological polar surface area (TPSA) is 30.0 Å². The molecule has 0 saturated carbocycles. The highest BCUT2D eigenvalue weighted by molar-refractivity contribution is 6.31. The van der Waals surface area contributed by atoms with Crippen molar-refractivity contribution in [3.8, 4) is 0 Å². The lowest BCUT2D eigenvalue weighted by molar-refractivity contribution is 0.0964. The second-order valence-corrected chi connectivity index (χ2v) is 4.71. The minimum atomic E-state index is -0.244. The molecular weight excluding hydrogens is 246 g/mol. The molecule has 1 atom stereocenters. The molecule has 1 heterocycles. The number of hydrogen-bond acceptors (Lipinski definition) is 2. The van der Waals surface area contributed by atoms with E-state index in [1.54, 1.807) is 18.3 Å². The summed E-state index contributed by atoms with van der Waals surface area (Å²) < 4.78 is 0. The highest BCUT2D eigenvalue weighted by Gasteiger charge is 2.18. The van der Waals surface area contributed by atoms with Crippen molar-refractivity contribution in [2.45, 2.75) is 19.8 Å². The SMILES string of the molecule is Cc1cc(C(=O)C(C)c2ccccn2)ccc1Cl. The Bertz CT molecular complexity index is 566. The van der Waals surface area contributed by atoms with E-state index in [2.05, 4.69) is 4.98 Å². The van der Waals surface area contributed by atoms with E-state index < -0.39 is 0 Å². The number of Topliss-reactive ketones (excluding diaryl/α,β-unsaturated/α-hetero) is 1. The van der Waals surface area contributed by atoms with Gasteiger partial charge in [0.25, 0.3) is 0 Å². The molecule has 2 nitrogen and oxygen atoms in total. The van der Waals surface area contributed by atoms with Crippen LogP contribution >= 0.6 is 11.6 Å². The standard InChI is InChI=1S/C15H14ClNO/c1-10-9-12(6-7-13(10)16)15(18)11(2)14-5-3-4-8-17-14/h3-9,11H,1-2H3. The number of rotatable bonds is 3. The van der Waals surface area contributed by atoms with Crippen molar-refractivity contribution in [3.63, 3.8) is 0 Å². The summed E-state index contributed by atoms with van der Waals surface area (Å²) in [7, 11) is 0. The van der Waals surface area contributed by atoms with Crippen LogP contribution in [0.3, 0.4) is 0 Å². The summed E-state index contributed by atoms with van der Waals surface area (Å²) in [6.07, 6.45) is 1.70. The van der Waals surface area contributed by atoms with Gasteiger partial charge in [0.05, 0.1) is 11.6 Å². The van der Waals surface area contributed by atoms with Crippen LogP contribution in [0.25, 0.3) is 0 Å². The molecule has 0 aliphatic rings. The van der Waals surface area contributed by atoms with E-state index in [1.165, 1.54) is 0 Å². The predicted molar refractivity (Wildman–Crippen MR) is 73.2 cm³/mol. The van der Waals surface area contributed by atoms with Crippen LogP contribution in [0.1, 0.15) is 34.5 Å². The van der Waals surface area contributed by atoms with Gasteiger partial charge in [-0.25, -0.2) is 0 Å². The van der Waals surface area contributed by atoms with Gasteiger partial charge in [0.15, 0.2) is 5.78 Å². The molecule has 0 fully saturated rings. The van der Waals surface area contributed by atoms with E-state index in [9.17, 15) is 4.79 Å². The smallest absolute Gasteiger partial charge is 0.171 e. The molecule has 3 heteroatoms. The lowest BCUT2D eigenvalue weighted by atomic mass is 9.95. The predicted octanol–water partition coefficient (Wildman–Crippen LogP) is 4.03. The Hall–Kier alpha value is -1.67. The maximum atomic E-state index is 12.3. The van der Waals surface area contributed by atoms with Gasteiger partial charge in [0.2, 0.25) is 0 Å². The summed E-state index contributed by atoms with van der Waals surface area (Å²) >= 11 is 5.96. The van der Waals surface area contributed by atoms with Gasteiger partial charge in [-0.2, -0.15) is 0 Å². The van der Waals surface area contributed by atoms with Crippen molar-refractivity contribution >= 4 is 17.4 Å². The van der Waals surface area contributed by atoms with Crippen molar-refractivity contribution in [2.75, 3.05) is 0 Å². The molecule has 1 aromatic carbocycles. The van der Waals surface area contributed by atoms with Crippen LogP contribution in [0.2, 0.25) is 5.02 Å². The maximum Gasteiger partial charge on any atom is 0.171 e. The average Bonchev–Trinajstić information content (AvgIpc) is 2.41. The van der Waals surface area contributed by atoms with Crippen molar-refractivity contribution < 1.29 is 4.79 Å². The Morgan fingerprint density at radius 1 is 1.28 bits per heavy atom. The molecular formula is C15H14ClNO. The third kappa shape index (κ3) is 2.59. The Morgan fingerprint density at radius 2 is 2.06 bits per heavy atom. The Kier molecular flexibility index (Phi) is 3.78. The van der Waals surface area contributed by atoms with E-state index in [0.29, 0.717) is 10.6 Å². The molecule has 0 saturated heterocycles. The first-order valence-corrected chi connectivity index (χ1v) is 6.18. The third-order valence-electron chi connectivity index (χ3n) is 2.97. The van der Waals surface area contributed by atoms with Gasteiger partial charge in [-0.15, -0.1) is 0 Å². The van der Waals surface area contributed by atoms with E-state index in [1.807, 2.05) is 38.1 Å². The molecule has 2 aromatic rings. The first-order chi connectivity index (χ1) is 8.59. The van der Waals surface area contributed by atoms with Crippen molar-refractivity contribution in [1.29, 1.82) is 0 Å². The summed E-state index contributed by atoms with van der Waals surface area (Å²) in [4.78, 5) is 16.5. The minimum Gasteiger partial charge on any atom is -0.293 e. The fourth-order valence-corrected chi connectivity index (χ4v) is 1.93. The van der Waals surface area contributed by atoms with Crippen LogP contribution in [0.4, 0.5) is 0 Å². The number of carbonyl (C=O) groups is 1. The number of aromatic nitrogens is 1. The zero-order valence-corrected chi connectivity index (χ0v) is 11.1. The summed E-state index contributed by atoms with van der Waals surface area (Å²) in [5, 5.41) is 0.678. The zero-order valence-electron chi connectivity index (χ0n) is 10.4. The highest BCUT2D eigenvalue weighted by atomic mass is 35.5. The Morgan fingerprint density at radius 3 is 2.67 bits per heavy atom. The number of halogens is 1. The van der Waals surface area contributed by atoms with Crippen molar-refractivity contribution in [2.24, 2.45) is 0 Å². The number of ketones is 1. The molecule has 0 radical (unpaired) electrons. The van der Waals surface area contributed by atoms with E-state index in [4.69, 9.17) is 11.6 Å². The first kappa shape index (κ1) is 12.8. The zero-order chi connectivity index (χ0) is 13.1. The van der Waals surface area contributed by atoms with Gasteiger partial charge in [0.1, 0.15) is 0 Å². The molecule has 2 rings (SSSR count). The van der Waals surface area contributed by atoms with Crippen LogP contribution in [0.5, 0.6) is 0 Å². The van der Waals surface area contributed by atoms with E-state index in [-0.39, 0.29) is 11.7 Å². The number of benzene rings is 1. The highest BCUT2D eigenvalue weighted by Crippen LogP contribution is 2.22. The average molecular weight is 260 g/mol. The van der Waals surface area contributed by atoms with Gasteiger partial charge in [-0.05, 0) is 49.7 Å². The third-order valence-corrected chi connectivity index (χ3v) is 3.39. The van der Waals surface area contributed by atoms with E-state index >= 15 is 0 Å². The summed E-state index contributed by atoms with van der Waals surface area (Å²) in [6, 6.07) is 10.9. The lowest BCUT2D eigenvalue weighted by Gasteiger charge is -2.10. The van der Waals surface area contributed by atoms with Crippen molar-refractivity contribution in [1.82, 2.24) is 4.98 Å². The van der Waals surface area contributed by atoms with Crippen molar-refractivity contribution in [3.05, 3.63) is 64.4 Å². The molecule has 0 spiro atoms. The van der Waals surface area contributed by atoms with Gasteiger partial charge in [-0.3, -0.25) is 9.78 Å². The monoisotopic (exact) mass is 259 g/mol. The van der Waals surface area contributed by atoms with Gasteiger partial charge in [0, 0.05) is 16.8 Å². The first-order valence-electron chi connectivity index (χ1n) is 5.81. The number of hydrogen-bond donors (Lipinski definition) is 0. The Labute approximate surface area is 112 Å². The van der Waals surface area contributed by atoms with Crippen LogP contribution in [-0.4, -0.2) is 10.8 Å². The molecule has 0 N–H and O–H groups in total. The van der Waals surface area contributed by atoms with Gasteiger partial charge >= 0.3 is 0 Å². The van der Waals surface area contributed by atoms with Crippen LogP contribution in [0, 0.1) is 6.92 Å². The molecule has 0 aliphatic carbocycles. The number of nitrogens with zero attached hydrogens (tertiary/aromatic N) is 1. The maximum absolute atomic E-state index is 12.3. The number of carbonyl (C=O) groups excluding carboxylic acids is 1. The minimum absolute atomic E-state index is 0.0634. The van der Waals surface area contributed by atoms with Gasteiger partial charge in [-0.1, -0.05) is 17.7 Å². The summed E-state index contributed by atoms with van der Waals surface area (Å²) in [5.74, 6) is -0.180. The fourth-order valence-electron chi connectivity index (χ4n) is 1.81. The van der Waals surface area contributed by atoms with E-state index in [0.717, 1.165) is 11.3 Å². The molecule has 18 heavy (non-hydrogen) atoms. The van der Waals surface area contributed by atoms with Crippen LogP contribution in [-0.2, 0) is 0 Å². The second-order valence-electron chi connectivity index (χ2n) is 4.30. The molecule has 0 bridgehead atoms. The molecule has 0 amide bonds. The van der Waals surface area contributed by atoms with Crippen LogP contribution in [0.15, 0.2) is 42.6 Å². The lowest BCUT2D eigenvalue weighted by Crippen LogP contribution is -2.11. The number of aryl methyl sites for hydroxylation is 1. The number of pyridine rings is 1.